The normalized spacial score (nSPS) is 16.5. The van der Waals surface area contributed by atoms with Crippen LogP contribution >= 0.6 is 11.6 Å². The molecule has 1 N–H and O–H groups in total. The summed E-state index contributed by atoms with van der Waals surface area (Å²) in [7, 11) is 0. The molecule has 6 nitrogen and oxygen atoms in total. The second kappa shape index (κ2) is 8.27. The van der Waals surface area contributed by atoms with Crippen LogP contribution in [0.4, 0.5) is 5.95 Å². The molecule has 25 heavy (non-hydrogen) atoms. The van der Waals surface area contributed by atoms with Gasteiger partial charge >= 0.3 is 0 Å². The minimum absolute atomic E-state index is 0.0179. The van der Waals surface area contributed by atoms with Crippen LogP contribution in [-0.2, 0) is 11.3 Å². The molecule has 0 radical (unpaired) electrons. The van der Waals surface area contributed by atoms with E-state index >= 15 is 0 Å². The topological polar surface area (TPSA) is 61.4 Å². The number of carbonyl (C=O) groups is 1. The average Bonchev–Trinajstić information content (AvgIpc) is 2.67. The first-order valence-electron chi connectivity index (χ1n) is 8.42. The number of anilines is 1. The zero-order valence-corrected chi connectivity index (χ0v) is 15.0. The Morgan fingerprint density at radius 3 is 2.52 bits per heavy atom. The Balaban J connectivity index is 1.49. The molecular weight excluding hydrogens is 338 g/mol. The van der Waals surface area contributed by atoms with Crippen LogP contribution in [-0.4, -0.2) is 53.0 Å². The second-order valence-electron chi connectivity index (χ2n) is 6.06. The largest absolute Gasteiger partial charge is 0.351 e. The predicted molar refractivity (Wildman–Crippen MR) is 98.6 cm³/mol. The standard InChI is InChI=1S/C18H22ClN5O/c1-14(17(25)22-13-15-5-2-3-6-16(15)19)23-9-11-24(12-10-23)18-20-7-4-8-21-18/h2-8,14H,9-13H2,1H3,(H,22,25)/t14-/m0/s1. The van der Waals surface area contributed by atoms with Gasteiger partial charge in [0.2, 0.25) is 11.9 Å². The van der Waals surface area contributed by atoms with Gasteiger partial charge in [0.25, 0.3) is 0 Å². The number of amides is 1. The van der Waals surface area contributed by atoms with Crippen molar-refractivity contribution in [1.29, 1.82) is 0 Å². The summed E-state index contributed by atoms with van der Waals surface area (Å²) in [5.41, 5.74) is 0.927. The van der Waals surface area contributed by atoms with Gasteiger partial charge in [-0.05, 0) is 24.6 Å². The summed E-state index contributed by atoms with van der Waals surface area (Å²) in [6.45, 7) is 5.62. The van der Waals surface area contributed by atoms with Crippen LogP contribution in [0.3, 0.4) is 0 Å². The maximum atomic E-state index is 12.4. The third kappa shape index (κ3) is 4.46. The number of rotatable bonds is 5. The zero-order valence-electron chi connectivity index (χ0n) is 14.2. The highest BCUT2D eigenvalue weighted by molar-refractivity contribution is 6.31. The lowest BCUT2D eigenvalue weighted by Gasteiger charge is -2.37. The number of piperazine rings is 1. The van der Waals surface area contributed by atoms with Gasteiger partial charge in [-0.2, -0.15) is 0 Å². The highest BCUT2D eigenvalue weighted by Gasteiger charge is 2.26. The lowest BCUT2D eigenvalue weighted by atomic mass is 10.2. The average molecular weight is 360 g/mol. The summed E-state index contributed by atoms with van der Waals surface area (Å²) < 4.78 is 0. The lowest BCUT2D eigenvalue weighted by Crippen LogP contribution is -2.54. The Kier molecular flexibility index (Phi) is 5.83. The van der Waals surface area contributed by atoms with Crippen molar-refractivity contribution in [2.45, 2.75) is 19.5 Å². The third-order valence-corrected chi connectivity index (χ3v) is 4.86. The monoisotopic (exact) mass is 359 g/mol. The molecule has 0 aliphatic carbocycles. The molecule has 1 aliphatic heterocycles. The van der Waals surface area contributed by atoms with E-state index in [-0.39, 0.29) is 11.9 Å². The first kappa shape index (κ1) is 17.6. The number of halogens is 1. The minimum atomic E-state index is -0.179. The molecule has 2 aromatic rings. The summed E-state index contributed by atoms with van der Waals surface area (Å²) in [6.07, 6.45) is 3.50. The summed E-state index contributed by atoms with van der Waals surface area (Å²) in [6, 6.07) is 9.18. The molecule has 1 saturated heterocycles. The molecule has 3 rings (SSSR count). The summed E-state index contributed by atoms with van der Waals surface area (Å²) >= 11 is 6.13. The zero-order chi connectivity index (χ0) is 17.6. The van der Waals surface area contributed by atoms with Crippen molar-refractivity contribution in [3.63, 3.8) is 0 Å². The molecule has 7 heteroatoms. The van der Waals surface area contributed by atoms with Crippen molar-refractivity contribution < 1.29 is 4.79 Å². The van der Waals surface area contributed by atoms with E-state index in [1.54, 1.807) is 12.4 Å². The maximum absolute atomic E-state index is 12.4. The van der Waals surface area contributed by atoms with Crippen molar-refractivity contribution in [2.24, 2.45) is 0 Å². The van der Waals surface area contributed by atoms with Crippen LogP contribution < -0.4 is 10.2 Å². The Labute approximate surface area is 152 Å². The number of hydrogen-bond donors (Lipinski definition) is 1. The molecular formula is C18H22ClN5O. The number of nitrogens with one attached hydrogen (secondary N) is 1. The van der Waals surface area contributed by atoms with Gasteiger partial charge in [-0.25, -0.2) is 9.97 Å². The molecule has 0 unspecified atom stereocenters. The highest BCUT2D eigenvalue weighted by Crippen LogP contribution is 2.15. The summed E-state index contributed by atoms with van der Waals surface area (Å²) in [4.78, 5) is 25.3. The SMILES string of the molecule is C[C@@H](C(=O)NCc1ccccc1Cl)N1CCN(c2ncccn2)CC1. The number of nitrogens with zero attached hydrogens (tertiary/aromatic N) is 4. The van der Waals surface area contributed by atoms with E-state index < -0.39 is 0 Å². The van der Waals surface area contributed by atoms with Gasteiger partial charge in [0.15, 0.2) is 0 Å². The molecule has 1 aromatic heterocycles. The number of aromatic nitrogens is 2. The predicted octanol–water partition coefficient (Wildman–Crippen LogP) is 1.96. The molecule has 0 spiro atoms. The molecule has 1 aromatic carbocycles. The Morgan fingerprint density at radius 1 is 1.16 bits per heavy atom. The molecule has 2 heterocycles. The van der Waals surface area contributed by atoms with Gasteiger partial charge in [0, 0.05) is 50.1 Å². The molecule has 0 bridgehead atoms. The van der Waals surface area contributed by atoms with Crippen LogP contribution in [0.2, 0.25) is 5.02 Å². The van der Waals surface area contributed by atoms with Gasteiger partial charge < -0.3 is 10.2 Å². The van der Waals surface area contributed by atoms with E-state index in [4.69, 9.17) is 11.6 Å². The molecule has 1 fully saturated rings. The van der Waals surface area contributed by atoms with Crippen molar-refractivity contribution in [3.8, 4) is 0 Å². The van der Waals surface area contributed by atoms with E-state index in [0.717, 1.165) is 37.7 Å². The van der Waals surface area contributed by atoms with Crippen molar-refractivity contribution in [3.05, 3.63) is 53.3 Å². The fourth-order valence-corrected chi connectivity index (χ4v) is 3.10. The molecule has 1 amide bonds. The number of carbonyl (C=O) groups excluding carboxylic acids is 1. The first-order valence-corrected chi connectivity index (χ1v) is 8.80. The molecule has 0 saturated carbocycles. The smallest absolute Gasteiger partial charge is 0.237 e. The van der Waals surface area contributed by atoms with E-state index in [1.807, 2.05) is 37.3 Å². The third-order valence-electron chi connectivity index (χ3n) is 4.49. The van der Waals surface area contributed by atoms with Crippen molar-refractivity contribution in [1.82, 2.24) is 20.2 Å². The number of benzene rings is 1. The van der Waals surface area contributed by atoms with E-state index in [9.17, 15) is 4.79 Å². The van der Waals surface area contributed by atoms with Crippen LogP contribution in [0, 0.1) is 0 Å². The number of hydrogen-bond acceptors (Lipinski definition) is 5. The van der Waals surface area contributed by atoms with Crippen LogP contribution in [0.5, 0.6) is 0 Å². The molecule has 1 atom stereocenters. The summed E-state index contributed by atoms with van der Waals surface area (Å²) in [5, 5.41) is 3.65. The molecule has 1 aliphatic rings. The maximum Gasteiger partial charge on any atom is 0.237 e. The van der Waals surface area contributed by atoms with Crippen molar-refractivity contribution in [2.75, 3.05) is 31.1 Å². The Morgan fingerprint density at radius 2 is 1.84 bits per heavy atom. The minimum Gasteiger partial charge on any atom is -0.351 e. The fraction of sp³-hybridized carbons (Fsp3) is 0.389. The van der Waals surface area contributed by atoms with E-state index in [1.165, 1.54) is 0 Å². The fourth-order valence-electron chi connectivity index (χ4n) is 2.90. The van der Waals surface area contributed by atoms with Gasteiger partial charge in [0.1, 0.15) is 0 Å². The van der Waals surface area contributed by atoms with Gasteiger partial charge in [0.05, 0.1) is 6.04 Å². The van der Waals surface area contributed by atoms with Crippen LogP contribution in [0.15, 0.2) is 42.7 Å². The van der Waals surface area contributed by atoms with Crippen LogP contribution in [0.25, 0.3) is 0 Å². The van der Waals surface area contributed by atoms with Gasteiger partial charge in [-0.3, -0.25) is 9.69 Å². The van der Waals surface area contributed by atoms with Gasteiger partial charge in [-0.15, -0.1) is 0 Å². The second-order valence-corrected chi connectivity index (χ2v) is 6.46. The van der Waals surface area contributed by atoms with E-state index in [2.05, 4.69) is 25.1 Å². The summed E-state index contributed by atoms with van der Waals surface area (Å²) in [5.74, 6) is 0.766. The van der Waals surface area contributed by atoms with Crippen LogP contribution in [0.1, 0.15) is 12.5 Å². The quantitative estimate of drug-likeness (QED) is 0.884. The van der Waals surface area contributed by atoms with E-state index in [0.29, 0.717) is 11.6 Å². The first-order chi connectivity index (χ1) is 12.1. The Bertz CT molecular complexity index is 704. The lowest BCUT2D eigenvalue weighted by molar-refractivity contribution is -0.126. The Hall–Kier alpha value is -2.18. The molecule has 132 valence electrons. The van der Waals surface area contributed by atoms with Gasteiger partial charge in [-0.1, -0.05) is 29.8 Å². The highest BCUT2D eigenvalue weighted by atomic mass is 35.5. The van der Waals surface area contributed by atoms with Crippen molar-refractivity contribution >= 4 is 23.5 Å².